The molecule has 2 saturated heterocycles. The van der Waals surface area contributed by atoms with Crippen LogP contribution < -0.4 is 0 Å². The Morgan fingerprint density at radius 1 is 0.659 bits per heavy atom. The lowest BCUT2D eigenvalue weighted by Crippen LogP contribution is -2.44. The van der Waals surface area contributed by atoms with Crippen molar-refractivity contribution in [1.29, 1.82) is 0 Å². The number of benzene rings is 3. The molecule has 2 fully saturated rings. The quantitative estimate of drug-likeness (QED) is 0.219. The summed E-state index contributed by atoms with van der Waals surface area (Å²) in [6.45, 7) is -0.429. The normalized spacial score (nSPS) is 21.9. The van der Waals surface area contributed by atoms with E-state index in [1.54, 1.807) is 66.7 Å². The van der Waals surface area contributed by atoms with E-state index < -0.39 is 60.9 Å². The summed E-state index contributed by atoms with van der Waals surface area (Å²) in [6.07, 6.45) is -5.67. The molecule has 4 atom stereocenters. The largest absolute Gasteiger partial charge is 0.459 e. The molecule has 0 aliphatic carbocycles. The highest BCUT2D eigenvalue weighted by Crippen LogP contribution is 2.31. The molecule has 0 aromatic heterocycles. The summed E-state index contributed by atoms with van der Waals surface area (Å²) in [4.78, 5) is 68.9. The highest BCUT2D eigenvalue weighted by molar-refractivity contribution is 6.00. The van der Waals surface area contributed by atoms with E-state index in [1.165, 1.54) is 24.3 Å². The molecule has 2 heterocycles. The Hall–Kier alpha value is -4.87. The second-order valence-electron chi connectivity index (χ2n) is 9.17. The van der Waals surface area contributed by atoms with Crippen LogP contribution >= 0.6 is 0 Å². The van der Waals surface area contributed by atoms with Crippen LogP contribution in [0.25, 0.3) is 0 Å². The molecule has 2 amide bonds. The Morgan fingerprint density at radius 3 is 1.59 bits per heavy atom. The number of hydroxylamine groups is 2. The number of nitrogens with zero attached hydrogens (tertiary/aromatic N) is 1. The average molecular weight is 560 g/mol. The molecule has 0 radical (unpaired) electrons. The van der Waals surface area contributed by atoms with Crippen LogP contribution in [0.3, 0.4) is 0 Å². The summed E-state index contributed by atoms with van der Waals surface area (Å²) < 4.78 is 22.8. The number of esters is 3. The Balaban J connectivity index is 1.43. The first-order valence-electron chi connectivity index (χ1n) is 12.8. The van der Waals surface area contributed by atoms with Gasteiger partial charge < -0.3 is 18.9 Å². The SMILES string of the molecule is O=C(OC[C@H]1O[C@H](ON2C(=O)CCC2=O)[C@@H](OC(=O)c2ccccc2)[C@@H]1OC(=O)c1ccccc1)c1ccccc1. The second kappa shape index (κ2) is 12.5. The summed E-state index contributed by atoms with van der Waals surface area (Å²) in [7, 11) is 0. The molecule has 0 saturated carbocycles. The van der Waals surface area contributed by atoms with Gasteiger partial charge in [0.15, 0.2) is 12.2 Å². The summed E-state index contributed by atoms with van der Waals surface area (Å²) in [5.41, 5.74) is 0.665. The maximum Gasteiger partial charge on any atom is 0.338 e. The molecule has 210 valence electrons. The maximum atomic E-state index is 13.1. The Kier molecular flexibility index (Phi) is 8.47. The molecule has 2 aliphatic heterocycles. The fourth-order valence-corrected chi connectivity index (χ4v) is 4.30. The molecule has 0 N–H and O–H groups in total. The van der Waals surface area contributed by atoms with Gasteiger partial charge in [-0.1, -0.05) is 54.6 Å². The van der Waals surface area contributed by atoms with Crippen molar-refractivity contribution in [3.05, 3.63) is 108 Å². The Labute approximate surface area is 234 Å². The van der Waals surface area contributed by atoms with Gasteiger partial charge in [-0.3, -0.25) is 9.59 Å². The molecule has 2 aliphatic rings. The highest BCUT2D eigenvalue weighted by Gasteiger charge is 2.53. The number of carbonyl (C=O) groups excluding carboxylic acids is 5. The van der Waals surface area contributed by atoms with Gasteiger partial charge in [0.05, 0.1) is 16.7 Å². The van der Waals surface area contributed by atoms with Gasteiger partial charge in [0.25, 0.3) is 11.8 Å². The van der Waals surface area contributed by atoms with Crippen LogP contribution in [0.2, 0.25) is 0 Å². The lowest BCUT2D eigenvalue weighted by Gasteiger charge is -2.25. The van der Waals surface area contributed by atoms with Gasteiger partial charge in [0.2, 0.25) is 6.29 Å². The molecular formula is C30H25NO10. The Morgan fingerprint density at radius 2 is 1.10 bits per heavy atom. The minimum absolute atomic E-state index is 0.0649. The topological polar surface area (TPSA) is 135 Å². The van der Waals surface area contributed by atoms with Crippen molar-refractivity contribution in [3.63, 3.8) is 0 Å². The van der Waals surface area contributed by atoms with Crippen LogP contribution in [0, 0.1) is 0 Å². The fourth-order valence-electron chi connectivity index (χ4n) is 4.30. The van der Waals surface area contributed by atoms with E-state index in [0.29, 0.717) is 5.06 Å². The third-order valence-electron chi connectivity index (χ3n) is 6.38. The maximum absolute atomic E-state index is 13.1. The van der Waals surface area contributed by atoms with Crippen LogP contribution in [-0.4, -0.2) is 66.0 Å². The van der Waals surface area contributed by atoms with E-state index in [4.69, 9.17) is 23.8 Å². The van der Waals surface area contributed by atoms with Crippen LogP contribution in [0.1, 0.15) is 43.9 Å². The molecule has 11 nitrogen and oxygen atoms in total. The average Bonchev–Trinajstić information content (AvgIpc) is 3.50. The zero-order valence-corrected chi connectivity index (χ0v) is 21.6. The summed E-state index contributed by atoms with van der Waals surface area (Å²) >= 11 is 0. The zero-order valence-electron chi connectivity index (χ0n) is 21.6. The molecule has 0 unspecified atom stereocenters. The zero-order chi connectivity index (χ0) is 28.8. The van der Waals surface area contributed by atoms with Crippen LogP contribution in [0.4, 0.5) is 0 Å². The molecule has 3 aromatic carbocycles. The van der Waals surface area contributed by atoms with Crippen molar-refractivity contribution >= 4 is 29.7 Å². The minimum atomic E-state index is -1.55. The smallest absolute Gasteiger partial charge is 0.338 e. The van der Waals surface area contributed by atoms with Crippen molar-refractivity contribution in [2.45, 2.75) is 37.4 Å². The first-order valence-corrected chi connectivity index (χ1v) is 12.8. The number of amides is 2. The predicted octanol–water partition coefficient (Wildman–Crippen LogP) is 3.10. The number of hydrogen-bond donors (Lipinski definition) is 0. The van der Waals surface area contributed by atoms with Crippen LogP contribution in [-0.2, 0) is 33.4 Å². The lowest BCUT2D eigenvalue weighted by molar-refractivity contribution is -0.269. The third-order valence-corrected chi connectivity index (χ3v) is 6.38. The van der Waals surface area contributed by atoms with Gasteiger partial charge in [-0.2, -0.15) is 5.06 Å². The predicted molar refractivity (Wildman–Crippen MR) is 139 cm³/mol. The lowest BCUT2D eigenvalue weighted by atomic mass is 10.1. The van der Waals surface area contributed by atoms with Crippen LogP contribution in [0.5, 0.6) is 0 Å². The van der Waals surface area contributed by atoms with Gasteiger partial charge >= 0.3 is 17.9 Å². The van der Waals surface area contributed by atoms with Crippen molar-refractivity contribution in [3.8, 4) is 0 Å². The minimum Gasteiger partial charge on any atom is -0.459 e. The van der Waals surface area contributed by atoms with E-state index in [-0.39, 0.29) is 29.5 Å². The molecule has 5 rings (SSSR count). The van der Waals surface area contributed by atoms with Gasteiger partial charge in [-0.05, 0) is 36.4 Å². The molecule has 3 aromatic rings. The van der Waals surface area contributed by atoms with Gasteiger partial charge in [-0.15, -0.1) is 0 Å². The van der Waals surface area contributed by atoms with Crippen LogP contribution in [0.15, 0.2) is 91.0 Å². The number of hydrogen-bond acceptors (Lipinski definition) is 10. The first-order chi connectivity index (χ1) is 19.9. The van der Waals surface area contributed by atoms with Gasteiger partial charge in [-0.25, -0.2) is 19.2 Å². The summed E-state index contributed by atoms with van der Waals surface area (Å²) in [5.74, 6) is -3.45. The second-order valence-corrected chi connectivity index (χ2v) is 9.17. The van der Waals surface area contributed by atoms with Crippen molar-refractivity contribution < 1.29 is 47.8 Å². The summed E-state index contributed by atoms with van der Waals surface area (Å²) in [5, 5.41) is 0.544. The molecule has 0 bridgehead atoms. The standard InChI is InChI=1S/C30H25NO10/c32-23-16-17-24(33)31(23)41-30-26(40-29(36)21-14-8-3-9-15-21)25(39-28(35)20-12-6-2-7-13-20)22(38-30)18-37-27(34)19-10-4-1-5-11-19/h1-15,22,25-26,30H,16-18H2/t22-,25-,26+,30-/m1/s1. The number of ether oxygens (including phenoxy) is 4. The van der Waals surface area contributed by atoms with Crippen molar-refractivity contribution in [2.75, 3.05) is 6.61 Å². The van der Waals surface area contributed by atoms with Crippen molar-refractivity contribution in [2.24, 2.45) is 0 Å². The van der Waals surface area contributed by atoms with E-state index in [0.717, 1.165) is 0 Å². The fraction of sp³-hybridized carbons (Fsp3) is 0.233. The number of imide groups is 1. The molecule has 11 heteroatoms. The number of rotatable bonds is 9. The van der Waals surface area contributed by atoms with E-state index in [2.05, 4.69) is 0 Å². The van der Waals surface area contributed by atoms with E-state index >= 15 is 0 Å². The van der Waals surface area contributed by atoms with Gasteiger partial charge in [0.1, 0.15) is 12.7 Å². The molecule has 41 heavy (non-hydrogen) atoms. The number of carbonyl (C=O) groups is 5. The molecular weight excluding hydrogens is 534 g/mol. The third kappa shape index (κ3) is 6.48. The Bertz CT molecular complexity index is 1400. The van der Waals surface area contributed by atoms with Gasteiger partial charge in [0, 0.05) is 12.8 Å². The van der Waals surface area contributed by atoms with E-state index in [1.807, 2.05) is 0 Å². The monoisotopic (exact) mass is 559 g/mol. The molecule has 0 spiro atoms. The summed E-state index contributed by atoms with van der Waals surface area (Å²) in [6, 6.07) is 24.3. The first kappa shape index (κ1) is 27.7. The highest BCUT2D eigenvalue weighted by atomic mass is 16.8. The van der Waals surface area contributed by atoms with E-state index in [9.17, 15) is 24.0 Å². The van der Waals surface area contributed by atoms with Crippen molar-refractivity contribution in [1.82, 2.24) is 5.06 Å².